The van der Waals surface area contributed by atoms with Crippen molar-refractivity contribution in [3.8, 4) is 0 Å². The van der Waals surface area contributed by atoms with Crippen molar-refractivity contribution in [1.29, 1.82) is 0 Å². The maximum atomic E-state index is 4.42. The molecule has 0 radical (unpaired) electrons. The van der Waals surface area contributed by atoms with Crippen LogP contribution < -0.4 is 0 Å². The van der Waals surface area contributed by atoms with E-state index in [9.17, 15) is 0 Å². The van der Waals surface area contributed by atoms with Gasteiger partial charge in [-0.05, 0) is 13.8 Å². The minimum atomic E-state index is 0.178. The van der Waals surface area contributed by atoms with Gasteiger partial charge >= 0.3 is 0 Å². The van der Waals surface area contributed by atoms with Crippen LogP contribution in [0.2, 0.25) is 0 Å². The summed E-state index contributed by atoms with van der Waals surface area (Å²) < 4.78 is 0. The van der Waals surface area contributed by atoms with Crippen molar-refractivity contribution >= 4 is 0 Å². The average molecular weight is 193 g/mol. The number of aromatic amines is 1. The quantitative estimate of drug-likeness (QED) is 0.739. The van der Waals surface area contributed by atoms with Crippen molar-refractivity contribution in [1.82, 2.24) is 14.9 Å². The van der Waals surface area contributed by atoms with Gasteiger partial charge in [0.2, 0.25) is 0 Å². The van der Waals surface area contributed by atoms with Gasteiger partial charge in [0.05, 0.1) is 17.7 Å². The Morgan fingerprint density at radius 1 is 1.50 bits per heavy atom. The largest absolute Gasteiger partial charge is 0.347 e. The molecule has 0 spiro atoms. The molecule has 0 amide bonds. The van der Waals surface area contributed by atoms with Gasteiger partial charge in [0, 0.05) is 24.5 Å². The van der Waals surface area contributed by atoms with E-state index in [0.29, 0.717) is 6.04 Å². The predicted molar refractivity (Wildman–Crippen MR) is 57.2 cm³/mol. The molecule has 1 N–H and O–H groups in total. The lowest BCUT2D eigenvalue weighted by Crippen LogP contribution is -2.45. The molecule has 2 heterocycles. The maximum Gasteiger partial charge on any atom is 0.0925 e. The Morgan fingerprint density at radius 2 is 2.21 bits per heavy atom. The first kappa shape index (κ1) is 9.71. The van der Waals surface area contributed by atoms with Crippen molar-refractivity contribution in [3.05, 3.63) is 17.7 Å². The van der Waals surface area contributed by atoms with Crippen LogP contribution in [0.1, 0.15) is 39.1 Å². The molecule has 0 saturated carbocycles. The molecule has 0 aliphatic carbocycles. The van der Waals surface area contributed by atoms with Crippen molar-refractivity contribution in [2.45, 2.75) is 45.7 Å². The first-order chi connectivity index (χ1) is 6.50. The summed E-state index contributed by atoms with van der Waals surface area (Å²) in [6.07, 6.45) is 1.82. The summed E-state index contributed by atoms with van der Waals surface area (Å²) in [4.78, 5) is 10.2. The van der Waals surface area contributed by atoms with Crippen LogP contribution in [0.3, 0.4) is 0 Å². The zero-order chi connectivity index (χ0) is 10.3. The summed E-state index contributed by atoms with van der Waals surface area (Å²) in [5, 5.41) is 0. The van der Waals surface area contributed by atoms with Gasteiger partial charge < -0.3 is 4.98 Å². The van der Waals surface area contributed by atoms with Crippen LogP contribution in [0, 0.1) is 0 Å². The minimum absolute atomic E-state index is 0.178. The van der Waals surface area contributed by atoms with Crippen LogP contribution in [0.5, 0.6) is 0 Å². The highest BCUT2D eigenvalue weighted by atomic mass is 15.2. The zero-order valence-electron chi connectivity index (χ0n) is 9.46. The van der Waals surface area contributed by atoms with Crippen LogP contribution in [0.25, 0.3) is 0 Å². The number of nitrogens with one attached hydrogen (secondary N) is 1. The first-order valence-corrected chi connectivity index (χ1v) is 5.27. The number of hydrogen-bond donors (Lipinski definition) is 1. The second-order valence-corrected chi connectivity index (χ2v) is 5.11. The highest BCUT2D eigenvalue weighted by Crippen LogP contribution is 2.31. The van der Waals surface area contributed by atoms with Crippen LogP contribution >= 0.6 is 0 Å². The summed E-state index contributed by atoms with van der Waals surface area (Å²) in [6, 6.07) is 0.603. The summed E-state index contributed by atoms with van der Waals surface area (Å²) in [5.74, 6) is 0. The number of imidazole rings is 1. The number of hydrogen-bond acceptors (Lipinski definition) is 2. The van der Waals surface area contributed by atoms with Crippen molar-refractivity contribution in [2.24, 2.45) is 0 Å². The third-order valence-corrected chi connectivity index (χ3v) is 3.05. The molecule has 0 saturated heterocycles. The second-order valence-electron chi connectivity index (χ2n) is 5.11. The average Bonchev–Trinajstić information content (AvgIpc) is 2.51. The van der Waals surface area contributed by atoms with E-state index in [1.807, 2.05) is 6.33 Å². The first-order valence-electron chi connectivity index (χ1n) is 5.27. The van der Waals surface area contributed by atoms with E-state index in [4.69, 9.17) is 0 Å². The molecule has 0 unspecified atom stereocenters. The molecular weight excluding hydrogens is 174 g/mol. The molecule has 14 heavy (non-hydrogen) atoms. The number of H-pyrrole nitrogens is 1. The topological polar surface area (TPSA) is 31.9 Å². The van der Waals surface area contributed by atoms with Crippen molar-refractivity contribution in [3.63, 3.8) is 0 Å². The molecule has 1 aliphatic rings. The smallest absolute Gasteiger partial charge is 0.0925 e. The lowest BCUT2D eigenvalue weighted by molar-refractivity contribution is 0.150. The third kappa shape index (κ3) is 1.46. The van der Waals surface area contributed by atoms with Crippen LogP contribution in [0.15, 0.2) is 6.33 Å². The fourth-order valence-corrected chi connectivity index (χ4v) is 2.23. The van der Waals surface area contributed by atoms with Crippen molar-refractivity contribution < 1.29 is 0 Å². The van der Waals surface area contributed by atoms with Gasteiger partial charge in [-0.3, -0.25) is 4.90 Å². The van der Waals surface area contributed by atoms with Gasteiger partial charge in [-0.2, -0.15) is 0 Å². The molecule has 78 valence electrons. The van der Waals surface area contributed by atoms with Crippen LogP contribution in [-0.2, 0) is 12.0 Å². The molecule has 1 aromatic heterocycles. The summed E-state index contributed by atoms with van der Waals surface area (Å²) in [7, 11) is 0. The molecule has 0 atom stereocenters. The SMILES string of the molecule is CC(C)N1Cc2[nH]cnc2C(C)(C)C1. The predicted octanol–water partition coefficient (Wildman–Crippen LogP) is 1.91. The number of aromatic nitrogens is 2. The number of rotatable bonds is 1. The third-order valence-electron chi connectivity index (χ3n) is 3.05. The lowest BCUT2D eigenvalue weighted by Gasteiger charge is -2.39. The highest BCUT2D eigenvalue weighted by molar-refractivity contribution is 5.24. The number of nitrogens with zero attached hydrogens (tertiary/aromatic N) is 2. The molecule has 1 aliphatic heterocycles. The Hall–Kier alpha value is -0.830. The Bertz CT molecular complexity index is 325. The van der Waals surface area contributed by atoms with E-state index in [0.717, 1.165) is 13.1 Å². The van der Waals surface area contributed by atoms with Gasteiger partial charge in [-0.25, -0.2) is 4.98 Å². The molecular formula is C11H19N3. The van der Waals surface area contributed by atoms with E-state index in [-0.39, 0.29) is 5.41 Å². The Balaban J connectivity index is 2.34. The molecule has 2 rings (SSSR count). The molecule has 1 aromatic rings. The van der Waals surface area contributed by atoms with Gasteiger partial charge in [0.25, 0.3) is 0 Å². The summed E-state index contributed by atoms with van der Waals surface area (Å²) in [5.41, 5.74) is 2.71. The monoisotopic (exact) mass is 193 g/mol. The molecule has 0 bridgehead atoms. The van der Waals surface area contributed by atoms with Crippen LogP contribution in [-0.4, -0.2) is 27.5 Å². The fourth-order valence-electron chi connectivity index (χ4n) is 2.23. The zero-order valence-corrected chi connectivity index (χ0v) is 9.46. The molecule has 0 fully saturated rings. The number of fused-ring (bicyclic) bond motifs is 1. The standard InChI is InChI=1S/C11H19N3/c1-8(2)14-5-9-10(13-7-12-9)11(3,4)6-14/h7-8H,5-6H2,1-4H3,(H,12,13). The molecule has 3 nitrogen and oxygen atoms in total. The Labute approximate surface area is 85.5 Å². The van der Waals surface area contributed by atoms with Gasteiger partial charge in [-0.15, -0.1) is 0 Å². The van der Waals surface area contributed by atoms with E-state index >= 15 is 0 Å². The summed E-state index contributed by atoms with van der Waals surface area (Å²) >= 11 is 0. The normalized spacial score (nSPS) is 21.2. The van der Waals surface area contributed by atoms with Gasteiger partial charge in [-0.1, -0.05) is 13.8 Å². The van der Waals surface area contributed by atoms with Gasteiger partial charge in [0.1, 0.15) is 0 Å². The lowest BCUT2D eigenvalue weighted by atomic mass is 9.84. The fraction of sp³-hybridized carbons (Fsp3) is 0.727. The molecule has 3 heteroatoms. The highest BCUT2D eigenvalue weighted by Gasteiger charge is 2.34. The van der Waals surface area contributed by atoms with Gasteiger partial charge in [0.15, 0.2) is 0 Å². The van der Waals surface area contributed by atoms with Crippen LogP contribution in [0.4, 0.5) is 0 Å². The Kier molecular flexibility index (Phi) is 2.14. The molecule has 0 aromatic carbocycles. The van der Waals surface area contributed by atoms with E-state index in [1.54, 1.807) is 0 Å². The van der Waals surface area contributed by atoms with E-state index < -0.39 is 0 Å². The van der Waals surface area contributed by atoms with Crippen molar-refractivity contribution in [2.75, 3.05) is 6.54 Å². The minimum Gasteiger partial charge on any atom is -0.347 e. The Morgan fingerprint density at radius 3 is 2.86 bits per heavy atom. The van der Waals surface area contributed by atoms with E-state index in [1.165, 1.54) is 11.4 Å². The van der Waals surface area contributed by atoms with E-state index in [2.05, 4.69) is 42.6 Å². The maximum absolute atomic E-state index is 4.42. The second kappa shape index (κ2) is 3.09. The summed E-state index contributed by atoms with van der Waals surface area (Å²) in [6.45, 7) is 11.1.